The van der Waals surface area contributed by atoms with E-state index in [1.807, 2.05) is 13.0 Å². The zero-order valence-corrected chi connectivity index (χ0v) is 13.7. The molecule has 1 saturated heterocycles. The first-order valence-corrected chi connectivity index (χ1v) is 8.29. The van der Waals surface area contributed by atoms with Crippen LogP contribution in [0.2, 0.25) is 5.15 Å². The first-order valence-electron chi connectivity index (χ1n) is 7.09. The third-order valence-corrected chi connectivity index (χ3v) is 4.69. The van der Waals surface area contributed by atoms with Crippen LogP contribution >= 0.6 is 22.9 Å². The molecule has 2 aromatic rings. The minimum atomic E-state index is 0.0146. The molecular weight excluding hydrogens is 322 g/mol. The number of aryl methyl sites for hydroxylation is 1. The summed E-state index contributed by atoms with van der Waals surface area (Å²) in [5.41, 5.74) is 0. The van der Waals surface area contributed by atoms with E-state index in [1.165, 1.54) is 11.3 Å². The monoisotopic (exact) mass is 337 g/mol. The molecule has 1 fully saturated rings. The number of amides is 1. The number of nitrogens with one attached hydrogen (secondary N) is 1. The van der Waals surface area contributed by atoms with Crippen molar-refractivity contribution in [3.8, 4) is 0 Å². The zero-order chi connectivity index (χ0) is 15.5. The Hall–Kier alpha value is -1.73. The van der Waals surface area contributed by atoms with Crippen LogP contribution in [0.25, 0.3) is 0 Å². The maximum Gasteiger partial charge on any atom is 0.229 e. The van der Waals surface area contributed by atoms with E-state index in [2.05, 4.69) is 25.4 Å². The average molecular weight is 338 g/mol. The van der Waals surface area contributed by atoms with Gasteiger partial charge < -0.3 is 10.2 Å². The van der Waals surface area contributed by atoms with E-state index in [9.17, 15) is 4.79 Å². The number of aromatic nitrogens is 3. The standard InChI is InChI=1S/C14H16ClN5OS/c1-9-8-16-14(22-9)17-13(21)10-4-6-20(7-5-10)12-3-2-11(15)18-19-12/h2-3,8,10H,4-7H2,1H3,(H,16,17,21). The first-order chi connectivity index (χ1) is 10.6. The fourth-order valence-electron chi connectivity index (χ4n) is 2.47. The molecule has 3 heterocycles. The Morgan fingerprint density at radius 1 is 1.36 bits per heavy atom. The molecule has 8 heteroatoms. The highest BCUT2D eigenvalue weighted by Gasteiger charge is 2.26. The fourth-order valence-corrected chi connectivity index (χ4v) is 3.24. The number of carbonyl (C=O) groups excluding carboxylic acids is 1. The second-order valence-corrected chi connectivity index (χ2v) is 6.86. The van der Waals surface area contributed by atoms with E-state index >= 15 is 0 Å². The molecule has 22 heavy (non-hydrogen) atoms. The van der Waals surface area contributed by atoms with Gasteiger partial charge in [-0.3, -0.25) is 4.79 Å². The van der Waals surface area contributed by atoms with Gasteiger partial charge in [0.25, 0.3) is 0 Å². The predicted octanol–water partition coefficient (Wildman–Crippen LogP) is 2.75. The number of carbonyl (C=O) groups is 1. The lowest BCUT2D eigenvalue weighted by molar-refractivity contribution is -0.120. The number of hydrogen-bond acceptors (Lipinski definition) is 6. The molecule has 2 aromatic heterocycles. The third kappa shape index (κ3) is 3.53. The van der Waals surface area contributed by atoms with Crippen molar-refractivity contribution >= 4 is 39.8 Å². The number of anilines is 2. The summed E-state index contributed by atoms with van der Waals surface area (Å²) in [7, 11) is 0. The summed E-state index contributed by atoms with van der Waals surface area (Å²) in [5, 5.41) is 11.9. The molecule has 0 aromatic carbocycles. The summed E-state index contributed by atoms with van der Waals surface area (Å²) in [4.78, 5) is 19.6. The van der Waals surface area contributed by atoms with Gasteiger partial charge in [-0.15, -0.1) is 21.5 Å². The molecule has 6 nitrogen and oxygen atoms in total. The molecule has 1 N–H and O–H groups in total. The number of thiazole rings is 1. The van der Waals surface area contributed by atoms with E-state index in [0.717, 1.165) is 36.6 Å². The Labute approximate surface area is 137 Å². The van der Waals surface area contributed by atoms with Gasteiger partial charge in [-0.25, -0.2) is 4.98 Å². The van der Waals surface area contributed by atoms with Crippen molar-refractivity contribution in [3.05, 3.63) is 28.4 Å². The van der Waals surface area contributed by atoms with E-state index < -0.39 is 0 Å². The van der Waals surface area contributed by atoms with Crippen LogP contribution in [0.15, 0.2) is 18.3 Å². The molecule has 0 bridgehead atoms. The molecule has 1 aliphatic rings. The van der Waals surface area contributed by atoms with Crippen LogP contribution in [0, 0.1) is 12.8 Å². The Kier molecular flexibility index (Phi) is 4.54. The second-order valence-electron chi connectivity index (χ2n) is 5.24. The average Bonchev–Trinajstić information content (AvgIpc) is 2.93. The van der Waals surface area contributed by atoms with Crippen molar-refractivity contribution < 1.29 is 4.79 Å². The van der Waals surface area contributed by atoms with Crippen molar-refractivity contribution in [1.82, 2.24) is 15.2 Å². The van der Waals surface area contributed by atoms with Gasteiger partial charge in [0.2, 0.25) is 5.91 Å². The predicted molar refractivity (Wildman–Crippen MR) is 87.5 cm³/mol. The maximum atomic E-state index is 12.3. The van der Waals surface area contributed by atoms with Crippen molar-refractivity contribution in [2.45, 2.75) is 19.8 Å². The van der Waals surface area contributed by atoms with Crippen LogP contribution in [-0.2, 0) is 4.79 Å². The number of hydrogen-bond donors (Lipinski definition) is 1. The molecule has 0 radical (unpaired) electrons. The van der Waals surface area contributed by atoms with Gasteiger partial charge >= 0.3 is 0 Å². The van der Waals surface area contributed by atoms with E-state index in [4.69, 9.17) is 11.6 Å². The van der Waals surface area contributed by atoms with Gasteiger partial charge in [0, 0.05) is 30.1 Å². The maximum absolute atomic E-state index is 12.3. The van der Waals surface area contributed by atoms with Crippen LogP contribution in [0.1, 0.15) is 17.7 Å². The Balaban J connectivity index is 1.54. The Morgan fingerprint density at radius 2 is 2.14 bits per heavy atom. The zero-order valence-electron chi connectivity index (χ0n) is 12.1. The highest BCUT2D eigenvalue weighted by atomic mass is 35.5. The SMILES string of the molecule is Cc1cnc(NC(=O)C2CCN(c3ccc(Cl)nn3)CC2)s1. The minimum Gasteiger partial charge on any atom is -0.355 e. The Bertz CT molecular complexity index is 652. The third-order valence-electron chi connectivity index (χ3n) is 3.66. The molecule has 3 rings (SSSR count). The number of nitrogens with zero attached hydrogens (tertiary/aromatic N) is 4. The first kappa shape index (κ1) is 15.2. The van der Waals surface area contributed by atoms with Gasteiger partial charge in [0.1, 0.15) is 0 Å². The van der Waals surface area contributed by atoms with Gasteiger partial charge in [-0.1, -0.05) is 11.6 Å². The highest BCUT2D eigenvalue weighted by Crippen LogP contribution is 2.24. The summed E-state index contributed by atoms with van der Waals surface area (Å²) >= 11 is 7.24. The largest absolute Gasteiger partial charge is 0.355 e. The highest BCUT2D eigenvalue weighted by molar-refractivity contribution is 7.15. The van der Waals surface area contributed by atoms with E-state index in [1.54, 1.807) is 12.3 Å². The van der Waals surface area contributed by atoms with Crippen LogP contribution in [0.5, 0.6) is 0 Å². The molecular formula is C14H16ClN5OS. The molecule has 0 saturated carbocycles. The molecule has 1 aliphatic heterocycles. The second kappa shape index (κ2) is 6.58. The van der Waals surface area contributed by atoms with Crippen molar-refractivity contribution in [3.63, 3.8) is 0 Å². The van der Waals surface area contributed by atoms with Crippen LogP contribution in [0.4, 0.5) is 10.9 Å². The lowest BCUT2D eigenvalue weighted by Crippen LogP contribution is -2.38. The summed E-state index contributed by atoms with van der Waals surface area (Å²) in [5.74, 6) is 0.871. The summed E-state index contributed by atoms with van der Waals surface area (Å²) in [6.45, 7) is 3.54. The summed E-state index contributed by atoms with van der Waals surface area (Å²) in [6.07, 6.45) is 3.35. The number of halogens is 1. The number of rotatable bonds is 3. The molecule has 0 spiro atoms. The summed E-state index contributed by atoms with van der Waals surface area (Å²) < 4.78 is 0. The van der Waals surface area contributed by atoms with Crippen molar-refractivity contribution in [2.75, 3.05) is 23.3 Å². The van der Waals surface area contributed by atoms with Crippen LogP contribution in [0.3, 0.4) is 0 Å². The smallest absolute Gasteiger partial charge is 0.229 e. The fraction of sp³-hybridized carbons (Fsp3) is 0.429. The minimum absolute atomic E-state index is 0.0146. The lowest BCUT2D eigenvalue weighted by Gasteiger charge is -2.31. The van der Waals surface area contributed by atoms with Crippen molar-refractivity contribution in [2.24, 2.45) is 5.92 Å². The lowest BCUT2D eigenvalue weighted by atomic mass is 9.96. The van der Waals surface area contributed by atoms with Gasteiger partial charge in [0.05, 0.1) is 0 Å². The van der Waals surface area contributed by atoms with E-state index in [0.29, 0.717) is 10.3 Å². The quantitative estimate of drug-likeness (QED) is 0.932. The van der Waals surface area contributed by atoms with Crippen molar-refractivity contribution in [1.29, 1.82) is 0 Å². The van der Waals surface area contributed by atoms with Crippen LogP contribution < -0.4 is 10.2 Å². The molecule has 0 aliphatic carbocycles. The van der Waals surface area contributed by atoms with Crippen LogP contribution in [-0.4, -0.2) is 34.2 Å². The van der Waals surface area contributed by atoms with Gasteiger partial charge in [-0.2, -0.15) is 0 Å². The van der Waals surface area contributed by atoms with Gasteiger partial charge in [0.15, 0.2) is 16.1 Å². The summed E-state index contributed by atoms with van der Waals surface area (Å²) in [6, 6.07) is 3.58. The van der Waals surface area contributed by atoms with E-state index in [-0.39, 0.29) is 11.8 Å². The molecule has 0 unspecified atom stereocenters. The molecule has 1 amide bonds. The molecule has 0 atom stereocenters. The Morgan fingerprint density at radius 3 is 2.73 bits per heavy atom. The topological polar surface area (TPSA) is 71.0 Å². The normalized spacial score (nSPS) is 15.8. The molecule has 116 valence electrons. The van der Waals surface area contributed by atoms with Gasteiger partial charge in [-0.05, 0) is 31.9 Å². The number of piperidine rings is 1.